The van der Waals surface area contributed by atoms with E-state index in [1.54, 1.807) is 18.7 Å². The molecule has 3 N–H and O–H groups in total. The SMILES string of the molecule is CC(O)[C@H]1C(=O)N2C(C(=O)O)=C(SC3CCC(CN4CC=CC4)NC3)[C@H](C)[C@H]12. The van der Waals surface area contributed by atoms with E-state index in [4.69, 9.17) is 0 Å². The molecule has 154 valence electrons. The van der Waals surface area contributed by atoms with Crippen LogP contribution in [0.5, 0.6) is 0 Å². The van der Waals surface area contributed by atoms with Crippen LogP contribution in [0, 0.1) is 11.8 Å². The number of aliphatic carboxylic acids is 1. The van der Waals surface area contributed by atoms with Crippen molar-refractivity contribution < 1.29 is 19.8 Å². The predicted octanol–water partition coefficient (Wildman–Crippen LogP) is 0.866. The monoisotopic (exact) mass is 407 g/mol. The van der Waals surface area contributed by atoms with Crippen molar-refractivity contribution in [2.75, 3.05) is 26.2 Å². The topological polar surface area (TPSA) is 93.1 Å². The van der Waals surface area contributed by atoms with E-state index in [1.807, 2.05) is 6.92 Å². The summed E-state index contributed by atoms with van der Waals surface area (Å²) in [4.78, 5) is 29.0. The molecule has 0 aromatic heterocycles. The Kier molecular flexibility index (Phi) is 5.57. The Morgan fingerprint density at radius 2 is 2.07 bits per heavy atom. The van der Waals surface area contributed by atoms with E-state index >= 15 is 0 Å². The van der Waals surface area contributed by atoms with Gasteiger partial charge in [0.2, 0.25) is 5.91 Å². The van der Waals surface area contributed by atoms with Crippen molar-refractivity contribution in [1.82, 2.24) is 15.1 Å². The standard InChI is InChI=1S/C20H29N3O4S/c1-11-16-15(12(2)24)19(25)23(16)17(20(26)27)18(11)28-14-6-5-13(21-9-14)10-22-7-3-4-8-22/h3-4,11-16,21,24H,5-10H2,1-2H3,(H,26,27)/t11-,12?,13?,14?,15-,16-/m1/s1. The number of fused-ring (bicyclic) bond motifs is 1. The first kappa shape index (κ1) is 19.9. The van der Waals surface area contributed by atoms with Gasteiger partial charge in [-0.3, -0.25) is 9.69 Å². The fourth-order valence-electron chi connectivity index (χ4n) is 4.99. The minimum absolute atomic E-state index is 0.0539. The van der Waals surface area contributed by atoms with Crippen LogP contribution >= 0.6 is 11.8 Å². The molecule has 4 aliphatic rings. The van der Waals surface area contributed by atoms with Crippen LogP contribution in [0.25, 0.3) is 0 Å². The minimum atomic E-state index is -1.04. The number of piperidine rings is 1. The lowest BCUT2D eigenvalue weighted by Gasteiger charge is -2.46. The molecular formula is C20H29N3O4S. The zero-order valence-electron chi connectivity index (χ0n) is 16.4. The second-order valence-corrected chi connectivity index (χ2v) is 9.73. The van der Waals surface area contributed by atoms with Gasteiger partial charge < -0.3 is 20.4 Å². The fourth-order valence-corrected chi connectivity index (χ4v) is 6.43. The Labute approximate surface area is 169 Å². The van der Waals surface area contributed by atoms with Crippen LogP contribution < -0.4 is 5.32 Å². The van der Waals surface area contributed by atoms with Gasteiger partial charge in [0.15, 0.2) is 0 Å². The summed E-state index contributed by atoms with van der Waals surface area (Å²) in [5.74, 6) is -1.86. The van der Waals surface area contributed by atoms with Crippen LogP contribution in [0.2, 0.25) is 0 Å². The molecule has 3 unspecified atom stereocenters. The van der Waals surface area contributed by atoms with Crippen molar-refractivity contribution in [3.8, 4) is 0 Å². The zero-order chi connectivity index (χ0) is 20.0. The van der Waals surface area contributed by atoms with E-state index in [0.717, 1.165) is 43.9 Å². The van der Waals surface area contributed by atoms with Crippen LogP contribution in [0.4, 0.5) is 0 Å². The number of aliphatic hydroxyl groups is 1. The summed E-state index contributed by atoms with van der Waals surface area (Å²) in [5.41, 5.74) is 0.134. The van der Waals surface area contributed by atoms with Crippen LogP contribution in [0.1, 0.15) is 26.7 Å². The average Bonchev–Trinajstić information content (AvgIpc) is 3.22. The molecule has 0 bridgehead atoms. The van der Waals surface area contributed by atoms with E-state index in [0.29, 0.717) is 11.3 Å². The van der Waals surface area contributed by atoms with Gasteiger partial charge in [-0.05, 0) is 19.8 Å². The number of aliphatic hydroxyl groups excluding tert-OH is 1. The maximum absolute atomic E-state index is 12.4. The third-order valence-electron chi connectivity index (χ3n) is 6.45. The molecule has 2 saturated heterocycles. The maximum atomic E-state index is 12.4. The highest BCUT2D eigenvalue weighted by molar-refractivity contribution is 8.03. The number of carboxylic acid groups (broad SMARTS) is 1. The first-order valence-electron chi connectivity index (χ1n) is 10.1. The van der Waals surface area contributed by atoms with Crippen LogP contribution in [0.15, 0.2) is 22.8 Å². The van der Waals surface area contributed by atoms with E-state index < -0.39 is 18.0 Å². The van der Waals surface area contributed by atoms with Crippen molar-refractivity contribution in [3.63, 3.8) is 0 Å². The van der Waals surface area contributed by atoms with Crippen molar-refractivity contribution >= 4 is 23.6 Å². The zero-order valence-corrected chi connectivity index (χ0v) is 17.2. The van der Waals surface area contributed by atoms with Crippen LogP contribution in [-0.2, 0) is 9.59 Å². The van der Waals surface area contributed by atoms with Crippen molar-refractivity contribution in [1.29, 1.82) is 0 Å². The Morgan fingerprint density at radius 3 is 2.64 bits per heavy atom. The Hall–Kier alpha value is -1.35. The number of hydrogen-bond donors (Lipinski definition) is 3. The molecule has 0 radical (unpaired) electrons. The smallest absolute Gasteiger partial charge is 0.353 e. The second-order valence-electron chi connectivity index (χ2n) is 8.38. The van der Waals surface area contributed by atoms with Gasteiger partial charge in [-0.1, -0.05) is 19.1 Å². The molecule has 4 heterocycles. The number of β-lactam (4-membered cyclic amide) rings is 1. The summed E-state index contributed by atoms with van der Waals surface area (Å²) >= 11 is 1.62. The van der Waals surface area contributed by atoms with E-state index in [9.17, 15) is 19.8 Å². The molecule has 4 rings (SSSR count). The molecule has 1 amide bonds. The largest absolute Gasteiger partial charge is 0.477 e. The van der Waals surface area contributed by atoms with E-state index in [1.165, 1.54) is 4.90 Å². The highest BCUT2D eigenvalue weighted by Gasteiger charge is 2.60. The lowest BCUT2D eigenvalue weighted by atomic mass is 9.79. The van der Waals surface area contributed by atoms with Gasteiger partial charge in [-0.2, -0.15) is 0 Å². The van der Waals surface area contributed by atoms with Gasteiger partial charge in [-0.15, -0.1) is 11.8 Å². The molecule has 0 aromatic rings. The number of amides is 1. The molecule has 2 fully saturated rings. The van der Waals surface area contributed by atoms with Crippen molar-refractivity contribution in [2.24, 2.45) is 11.8 Å². The maximum Gasteiger partial charge on any atom is 0.353 e. The number of nitrogens with zero attached hydrogens (tertiary/aromatic N) is 2. The molecule has 0 saturated carbocycles. The fraction of sp³-hybridized carbons (Fsp3) is 0.700. The van der Waals surface area contributed by atoms with Gasteiger partial charge >= 0.3 is 5.97 Å². The Bertz CT molecular complexity index is 706. The quantitative estimate of drug-likeness (QED) is 0.444. The second kappa shape index (κ2) is 7.82. The molecule has 0 aliphatic carbocycles. The van der Waals surface area contributed by atoms with E-state index in [-0.39, 0.29) is 23.6 Å². The van der Waals surface area contributed by atoms with Crippen molar-refractivity contribution in [2.45, 2.75) is 50.1 Å². The first-order valence-corrected chi connectivity index (χ1v) is 11.0. The molecule has 0 aromatic carbocycles. The van der Waals surface area contributed by atoms with Crippen molar-refractivity contribution in [3.05, 3.63) is 22.8 Å². The van der Waals surface area contributed by atoms with Gasteiger partial charge in [0, 0.05) is 48.3 Å². The van der Waals surface area contributed by atoms with Crippen LogP contribution in [-0.4, -0.2) is 81.5 Å². The highest BCUT2D eigenvalue weighted by Crippen LogP contribution is 2.51. The molecule has 6 atom stereocenters. The molecule has 28 heavy (non-hydrogen) atoms. The van der Waals surface area contributed by atoms with Gasteiger partial charge in [0.05, 0.1) is 18.1 Å². The minimum Gasteiger partial charge on any atom is -0.477 e. The number of rotatable bonds is 6. The summed E-state index contributed by atoms with van der Waals surface area (Å²) in [6.45, 7) is 7.54. The third kappa shape index (κ3) is 3.40. The Morgan fingerprint density at radius 1 is 1.36 bits per heavy atom. The molecule has 7 nitrogen and oxygen atoms in total. The normalized spacial score (nSPS) is 36.6. The molecule has 4 aliphatic heterocycles. The van der Waals surface area contributed by atoms with Gasteiger partial charge in [0.1, 0.15) is 5.70 Å². The number of carboxylic acids is 1. The lowest BCUT2D eigenvalue weighted by molar-refractivity contribution is -0.163. The number of hydrogen-bond acceptors (Lipinski definition) is 6. The number of carbonyl (C=O) groups excluding carboxylic acids is 1. The Balaban J connectivity index is 1.40. The summed E-state index contributed by atoms with van der Waals surface area (Å²) in [5, 5.41) is 23.6. The van der Waals surface area contributed by atoms with Gasteiger partial charge in [0.25, 0.3) is 0 Å². The summed E-state index contributed by atoms with van der Waals surface area (Å²) in [6.07, 6.45) is 5.75. The van der Waals surface area contributed by atoms with Gasteiger partial charge in [-0.25, -0.2) is 4.79 Å². The third-order valence-corrected chi connectivity index (χ3v) is 8.00. The lowest BCUT2D eigenvalue weighted by Crippen LogP contribution is -2.63. The predicted molar refractivity (Wildman–Crippen MR) is 108 cm³/mol. The average molecular weight is 408 g/mol. The first-order chi connectivity index (χ1) is 13.4. The number of thioether (sulfide) groups is 1. The van der Waals surface area contributed by atoms with E-state index in [2.05, 4.69) is 22.4 Å². The highest BCUT2D eigenvalue weighted by atomic mass is 32.2. The summed E-state index contributed by atoms with van der Waals surface area (Å²) < 4.78 is 0. The number of carbonyl (C=O) groups is 2. The number of nitrogens with one attached hydrogen (secondary N) is 1. The summed E-state index contributed by atoms with van der Waals surface area (Å²) in [6, 6.07) is 0.250. The molecule has 0 spiro atoms. The summed E-state index contributed by atoms with van der Waals surface area (Å²) in [7, 11) is 0. The molecular weight excluding hydrogens is 378 g/mol. The molecule has 8 heteroatoms. The van der Waals surface area contributed by atoms with Crippen LogP contribution in [0.3, 0.4) is 0 Å².